The van der Waals surface area contributed by atoms with E-state index in [1.54, 1.807) is 0 Å². The van der Waals surface area contributed by atoms with E-state index in [4.69, 9.17) is 4.74 Å². The SMILES string of the molecule is CC(C)(C)OC(=O)N1C2CCCC1CC(C(=O)c1ccc3ccccc3n1)C2. The summed E-state index contributed by atoms with van der Waals surface area (Å²) < 4.78 is 5.63. The zero-order chi connectivity index (χ0) is 19.9. The van der Waals surface area contributed by atoms with Crippen LogP contribution in [-0.4, -0.2) is 39.4 Å². The molecule has 0 radical (unpaired) electrons. The zero-order valence-electron chi connectivity index (χ0n) is 16.9. The lowest BCUT2D eigenvalue weighted by molar-refractivity contribution is -0.0261. The van der Waals surface area contributed by atoms with E-state index in [0.29, 0.717) is 18.5 Å². The molecule has 5 nitrogen and oxygen atoms in total. The lowest BCUT2D eigenvalue weighted by Crippen LogP contribution is -2.56. The number of carbonyl (C=O) groups is 2. The third-order valence-corrected chi connectivity index (χ3v) is 5.80. The highest BCUT2D eigenvalue weighted by Crippen LogP contribution is 2.39. The summed E-state index contributed by atoms with van der Waals surface area (Å²) in [5.74, 6) is 0.0224. The maximum absolute atomic E-state index is 13.2. The van der Waals surface area contributed by atoms with Gasteiger partial charge in [0.05, 0.1) is 5.52 Å². The molecular formula is C23H28N2O3. The lowest BCUT2D eigenvalue weighted by atomic mass is 9.76. The van der Waals surface area contributed by atoms with Crippen molar-refractivity contribution in [3.8, 4) is 0 Å². The summed E-state index contributed by atoms with van der Waals surface area (Å²) in [6.07, 6.45) is 4.13. The van der Waals surface area contributed by atoms with Crippen LogP contribution in [0.1, 0.15) is 63.4 Å². The average molecular weight is 380 g/mol. The first-order valence-electron chi connectivity index (χ1n) is 10.2. The van der Waals surface area contributed by atoms with Crippen molar-refractivity contribution in [2.75, 3.05) is 0 Å². The Kier molecular flexibility index (Phi) is 4.86. The Hall–Kier alpha value is -2.43. The second-order valence-electron chi connectivity index (χ2n) is 9.05. The summed E-state index contributed by atoms with van der Waals surface area (Å²) >= 11 is 0. The summed E-state index contributed by atoms with van der Waals surface area (Å²) in [7, 11) is 0. The summed E-state index contributed by atoms with van der Waals surface area (Å²) in [5.41, 5.74) is 0.875. The number of nitrogens with zero attached hydrogens (tertiary/aromatic N) is 2. The van der Waals surface area contributed by atoms with E-state index in [9.17, 15) is 9.59 Å². The predicted molar refractivity (Wildman–Crippen MR) is 108 cm³/mol. The van der Waals surface area contributed by atoms with Crippen LogP contribution in [0.3, 0.4) is 0 Å². The quantitative estimate of drug-likeness (QED) is 0.689. The van der Waals surface area contributed by atoms with Crippen LogP contribution < -0.4 is 0 Å². The lowest BCUT2D eigenvalue weighted by Gasteiger charge is -2.48. The van der Waals surface area contributed by atoms with Gasteiger partial charge in [-0.25, -0.2) is 9.78 Å². The third-order valence-electron chi connectivity index (χ3n) is 5.80. The van der Waals surface area contributed by atoms with Crippen molar-refractivity contribution in [3.63, 3.8) is 0 Å². The predicted octanol–water partition coefficient (Wildman–Crippen LogP) is 4.99. The van der Waals surface area contributed by atoms with Gasteiger partial charge in [0, 0.05) is 23.4 Å². The summed E-state index contributed by atoms with van der Waals surface area (Å²) in [4.78, 5) is 32.4. The van der Waals surface area contributed by atoms with Crippen LogP contribution in [0.5, 0.6) is 0 Å². The van der Waals surface area contributed by atoms with E-state index in [1.807, 2.05) is 62.1 Å². The molecule has 2 aromatic rings. The minimum absolute atomic E-state index is 0.0803. The van der Waals surface area contributed by atoms with Crippen molar-refractivity contribution in [2.45, 2.75) is 70.6 Å². The number of benzene rings is 1. The topological polar surface area (TPSA) is 59.5 Å². The van der Waals surface area contributed by atoms with Crippen molar-refractivity contribution in [3.05, 3.63) is 42.1 Å². The van der Waals surface area contributed by atoms with E-state index in [1.165, 1.54) is 0 Å². The second-order valence-corrected chi connectivity index (χ2v) is 9.05. The van der Waals surface area contributed by atoms with Crippen molar-refractivity contribution in [1.29, 1.82) is 0 Å². The molecule has 2 atom stereocenters. The number of Topliss-reactive ketones (excluding diaryl/α,β-unsaturated/α-hetero) is 1. The Morgan fingerprint density at radius 1 is 1.04 bits per heavy atom. The van der Waals surface area contributed by atoms with Crippen LogP contribution in [0, 0.1) is 5.92 Å². The number of hydrogen-bond donors (Lipinski definition) is 0. The monoisotopic (exact) mass is 380 g/mol. The van der Waals surface area contributed by atoms with Gasteiger partial charge in [-0.15, -0.1) is 0 Å². The van der Waals surface area contributed by atoms with E-state index >= 15 is 0 Å². The van der Waals surface area contributed by atoms with Crippen molar-refractivity contribution in [1.82, 2.24) is 9.88 Å². The molecule has 5 heteroatoms. The van der Waals surface area contributed by atoms with Gasteiger partial charge < -0.3 is 9.64 Å². The largest absolute Gasteiger partial charge is 0.444 e. The summed E-state index contributed by atoms with van der Waals surface area (Å²) in [6, 6.07) is 11.8. The Labute approximate surface area is 166 Å². The van der Waals surface area contributed by atoms with Crippen LogP contribution in [0.2, 0.25) is 0 Å². The van der Waals surface area contributed by atoms with Crippen LogP contribution in [0.4, 0.5) is 4.79 Å². The third kappa shape index (κ3) is 3.75. The molecule has 28 heavy (non-hydrogen) atoms. The average Bonchev–Trinajstić information content (AvgIpc) is 2.64. The van der Waals surface area contributed by atoms with Crippen molar-refractivity contribution in [2.24, 2.45) is 5.92 Å². The normalized spacial score (nSPS) is 24.8. The van der Waals surface area contributed by atoms with Crippen molar-refractivity contribution >= 4 is 22.8 Å². The van der Waals surface area contributed by atoms with Gasteiger partial charge in [0.1, 0.15) is 11.3 Å². The molecular weight excluding hydrogens is 352 g/mol. The highest BCUT2D eigenvalue weighted by molar-refractivity contribution is 5.98. The molecule has 0 spiro atoms. The molecule has 148 valence electrons. The molecule has 1 aromatic carbocycles. The first-order valence-corrected chi connectivity index (χ1v) is 10.2. The van der Waals surface area contributed by atoms with Gasteiger partial charge in [-0.2, -0.15) is 0 Å². The number of piperidine rings is 2. The number of para-hydroxylation sites is 1. The Bertz CT molecular complexity index is 888. The number of carbonyl (C=O) groups excluding carboxylic acids is 2. The minimum Gasteiger partial charge on any atom is -0.444 e. The molecule has 3 heterocycles. The first-order chi connectivity index (χ1) is 13.3. The number of ether oxygens (including phenoxy) is 1. The molecule has 0 aliphatic carbocycles. The highest BCUT2D eigenvalue weighted by atomic mass is 16.6. The van der Waals surface area contributed by atoms with E-state index < -0.39 is 5.60 Å². The number of amides is 1. The van der Waals surface area contributed by atoms with Gasteiger partial charge in [0.2, 0.25) is 0 Å². The molecule has 0 N–H and O–H groups in total. The van der Waals surface area contributed by atoms with E-state index in [2.05, 4.69) is 4.98 Å². The molecule has 4 rings (SSSR count). The smallest absolute Gasteiger partial charge is 0.410 e. The fourth-order valence-electron chi connectivity index (χ4n) is 4.62. The fourth-order valence-corrected chi connectivity index (χ4v) is 4.62. The summed E-state index contributed by atoms with van der Waals surface area (Å²) in [6.45, 7) is 5.67. The van der Waals surface area contributed by atoms with Crippen LogP contribution >= 0.6 is 0 Å². The molecule has 2 aliphatic heterocycles. The van der Waals surface area contributed by atoms with Gasteiger partial charge in [-0.05, 0) is 65.0 Å². The molecule has 2 aliphatic rings. The maximum atomic E-state index is 13.2. The molecule has 1 aromatic heterocycles. The number of pyridine rings is 1. The zero-order valence-corrected chi connectivity index (χ0v) is 16.9. The number of ketones is 1. The molecule has 0 saturated carbocycles. The van der Waals surface area contributed by atoms with E-state index in [0.717, 1.165) is 30.2 Å². The van der Waals surface area contributed by atoms with Crippen LogP contribution in [0.25, 0.3) is 10.9 Å². The second kappa shape index (κ2) is 7.19. The Balaban J connectivity index is 1.53. The molecule has 2 unspecified atom stereocenters. The van der Waals surface area contributed by atoms with Gasteiger partial charge >= 0.3 is 6.09 Å². The molecule has 1 amide bonds. The van der Waals surface area contributed by atoms with Gasteiger partial charge in [-0.3, -0.25) is 4.79 Å². The van der Waals surface area contributed by atoms with Gasteiger partial charge in [0.15, 0.2) is 5.78 Å². The number of aromatic nitrogens is 1. The standard InChI is InChI=1S/C23H28N2O3/c1-23(2,3)28-22(27)25-17-8-6-9-18(25)14-16(13-17)21(26)20-12-11-15-7-4-5-10-19(15)24-20/h4-5,7,10-12,16-18H,6,8-9,13-14H2,1-3H3. The number of rotatable bonds is 2. The van der Waals surface area contributed by atoms with Crippen LogP contribution in [0.15, 0.2) is 36.4 Å². The number of fused-ring (bicyclic) bond motifs is 3. The first kappa shape index (κ1) is 18.9. The molecule has 2 fully saturated rings. The van der Waals surface area contributed by atoms with E-state index in [-0.39, 0.29) is 29.9 Å². The summed E-state index contributed by atoms with van der Waals surface area (Å²) in [5, 5.41) is 1.04. The van der Waals surface area contributed by atoms with Gasteiger partial charge in [0.25, 0.3) is 0 Å². The maximum Gasteiger partial charge on any atom is 0.410 e. The van der Waals surface area contributed by atoms with Crippen LogP contribution in [-0.2, 0) is 4.74 Å². The fraction of sp³-hybridized carbons (Fsp3) is 0.522. The Morgan fingerprint density at radius 2 is 1.71 bits per heavy atom. The number of hydrogen-bond acceptors (Lipinski definition) is 4. The molecule has 2 saturated heterocycles. The molecule has 2 bridgehead atoms. The van der Waals surface area contributed by atoms with Gasteiger partial charge in [-0.1, -0.05) is 24.3 Å². The minimum atomic E-state index is -0.507. The van der Waals surface area contributed by atoms with Crippen molar-refractivity contribution < 1.29 is 14.3 Å². The highest BCUT2D eigenvalue weighted by Gasteiger charge is 2.44. The Morgan fingerprint density at radius 3 is 2.39 bits per heavy atom.